The van der Waals surface area contributed by atoms with Gasteiger partial charge in [-0.15, -0.1) is 0 Å². The standard InChI is InChI=1S/C82H121N17O26/c1-6-8-10-12-14-16-18-24-33-85-52-29-23-21-27-50(52)61(101)36-59-82(124)125-47(5)71(99-78(120)58(40-69(112)113)96-77(119)55(37-62(84)102)94-76(118)54(35-48-41-86-51-28-22-20-26-49(48)51)91-63(103)31-19-17-15-13-11-9-7-2)80(122)88-43-64(104)90-53(30-25-32-83)74(116)95-57(39-68(110)111)75(117)89-46(4)72(114)93-56(38-67(108)109)73(115)87-42-65(105)92-60(44-100)79(121)98-70(81(123)97-59)45(3)34-66(106)107/h20-23,26-29,41,45-47,53-60,70-71,85-86,100H,6-19,24-25,30-40,42-44,83H2,1-5H3,(H2,84,102)(H,87,115)(H,88,122)(H,89,117)(H,90,104)(H,91,103)(H,92,105)(H,93,114)(H,94,118)(H,95,116)(H,96,119)(H,97,123)(H,98,121)(H,99,120)(H,106,107)(H,108,109)(H,110,111)(H,112,113)/t45-,46-,47-,53+,54+,55-,56+,57+,58+,59+,60-,70+,71+/m1/s1. The van der Waals surface area contributed by atoms with Gasteiger partial charge in [0.05, 0.1) is 51.8 Å². The van der Waals surface area contributed by atoms with Crippen LogP contribution in [0.1, 0.15) is 205 Å². The quantitative estimate of drug-likeness (QED) is 0.0171. The predicted octanol–water partition coefficient (Wildman–Crippen LogP) is -1.65. The number of amides is 14. The van der Waals surface area contributed by atoms with Crippen molar-refractivity contribution in [2.75, 3.05) is 38.1 Å². The highest BCUT2D eigenvalue weighted by atomic mass is 16.5. The molecule has 4 rings (SSSR count). The Morgan fingerprint density at radius 1 is 0.512 bits per heavy atom. The molecule has 1 saturated heterocycles. The Morgan fingerprint density at radius 2 is 1.03 bits per heavy atom. The molecule has 125 heavy (non-hydrogen) atoms. The highest BCUT2D eigenvalue weighted by Crippen LogP contribution is 2.23. The van der Waals surface area contributed by atoms with Crippen LogP contribution in [0.3, 0.4) is 0 Å². The molecule has 0 spiro atoms. The molecule has 0 radical (unpaired) electrons. The number of hydrogen-bond donors (Lipinski definition) is 22. The zero-order valence-corrected chi connectivity index (χ0v) is 70.9. The highest BCUT2D eigenvalue weighted by molar-refractivity contribution is 6.05. The lowest BCUT2D eigenvalue weighted by molar-refractivity contribution is -0.156. The van der Waals surface area contributed by atoms with E-state index in [1.165, 1.54) is 18.2 Å². The van der Waals surface area contributed by atoms with E-state index in [-0.39, 0.29) is 43.5 Å². The number of H-pyrrole nitrogens is 1. The number of carbonyl (C=O) groups excluding carboxylic acids is 16. The second kappa shape index (κ2) is 55.4. The van der Waals surface area contributed by atoms with Crippen molar-refractivity contribution in [3.63, 3.8) is 0 Å². The maximum atomic E-state index is 15.2. The lowest BCUT2D eigenvalue weighted by Crippen LogP contribution is -2.62. The molecule has 43 nitrogen and oxygen atoms in total. The average molecular weight is 1760 g/mol. The van der Waals surface area contributed by atoms with Gasteiger partial charge in [-0.3, -0.25) is 91.1 Å². The normalized spacial score (nSPS) is 20.4. The van der Waals surface area contributed by atoms with E-state index in [9.17, 15) is 117 Å². The Hall–Kier alpha value is -12.7. The average Bonchev–Trinajstić information content (AvgIpc) is 1.61. The number of cyclic esters (lactones) is 1. The molecule has 0 aliphatic carbocycles. The zero-order valence-electron chi connectivity index (χ0n) is 70.9. The number of fused-ring (bicyclic) bond motifs is 1. The van der Waals surface area contributed by atoms with E-state index in [1.54, 1.807) is 36.5 Å². The Labute approximate surface area is 721 Å². The molecule has 2 aromatic carbocycles. The Kier molecular flexibility index (Phi) is 46.4. The highest BCUT2D eigenvalue weighted by Gasteiger charge is 2.41. The van der Waals surface area contributed by atoms with Gasteiger partial charge in [0, 0.05) is 54.2 Å². The van der Waals surface area contributed by atoms with Gasteiger partial charge in [-0.1, -0.05) is 135 Å². The minimum Gasteiger partial charge on any atom is -0.481 e. The number of Topliss-reactive ketones (excluding diaryl/α,β-unsaturated/α-hetero) is 1. The number of rotatable bonds is 45. The lowest BCUT2D eigenvalue weighted by Gasteiger charge is -2.30. The van der Waals surface area contributed by atoms with Gasteiger partial charge in [0.1, 0.15) is 72.6 Å². The minimum absolute atomic E-state index is 0.0160. The molecule has 690 valence electrons. The van der Waals surface area contributed by atoms with Crippen molar-refractivity contribution < 1.29 is 126 Å². The van der Waals surface area contributed by atoms with Crippen molar-refractivity contribution in [1.82, 2.24) is 74.1 Å². The molecule has 0 unspecified atom stereocenters. The van der Waals surface area contributed by atoms with Crippen LogP contribution in [0.15, 0.2) is 54.7 Å². The smallest absolute Gasteiger partial charge is 0.329 e. The van der Waals surface area contributed by atoms with Crippen LogP contribution in [0.5, 0.6) is 0 Å². The van der Waals surface area contributed by atoms with E-state index in [4.69, 9.17) is 16.2 Å². The van der Waals surface area contributed by atoms with Crippen LogP contribution in [-0.4, -0.2) is 254 Å². The number of nitrogens with one attached hydrogen (secondary N) is 15. The van der Waals surface area contributed by atoms with E-state index >= 15 is 4.79 Å². The number of ketones is 1. The number of aromatic amines is 1. The maximum Gasteiger partial charge on any atom is 0.329 e. The first-order valence-corrected chi connectivity index (χ1v) is 41.8. The number of aliphatic hydroxyl groups excluding tert-OH is 1. The van der Waals surface area contributed by atoms with Crippen LogP contribution in [0.25, 0.3) is 10.9 Å². The summed E-state index contributed by atoms with van der Waals surface area (Å²) in [4.78, 5) is 280. The number of aliphatic carboxylic acids is 4. The number of carboxylic acids is 4. The van der Waals surface area contributed by atoms with Crippen LogP contribution in [-0.2, 0) is 102 Å². The van der Waals surface area contributed by atoms with Crippen LogP contribution in [0.2, 0.25) is 0 Å². The number of hydrogen-bond acceptors (Lipinski definition) is 24. The Morgan fingerprint density at radius 3 is 1.62 bits per heavy atom. The molecule has 3 aromatic rings. The SMILES string of the molecule is CCCCCCCCCCNc1ccccc1C(=O)C[C@@H]1NC(=O)[C@H]([C@H](C)CC(=O)O)NC(=O)[C@@H](CO)NC(=O)CNC(=O)[C@H](CC(=O)O)NC(=O)[C@@H](C)NC(=O)[C@H](CC(=O)O)NC(=O)[C@H](CCCN)NC(=O)CNC(=O)[C@@H](NC(=O)[C@H](CC(=O)O)NC(=O)[C@@H](CC(N)=O)NC(=O)[C@H](Cc2c[nH]c3ccccc23)NC(=O)CCCCCCCCC)[C@@H](C)OC1=O. The van der Waals surface area contributed by atoms with Gasteiger partial charge in [0.15, 0.2) is 5.78 Å². The molecule has 1 aliphatic rings. The summed E-state index contributed by atoms with van der Waals surface area (Å²) >= 11 is 0. The predicted molar refractivity (Wildman–Crippen MR) is 447 cm³/mol. The van der Waals surface area contributed by atoms with Crippen LogP contribution in [0, 0.1) is 5.92 Å². The Bertz CT molecular complexity index is 4240. The lowest BCUT2D eigenvalue weighted by atomic mass is 9.95. The van der Waals surface area contributed by atoms with E-state index in [1.807, 2.05) is 16.0 Å². The number of ether oxygens (including phenoxy) is 1. The summed E-state index contributed by atoms with van der Waals surface area (Å²) in [6, 6.07) is -9.74. The molecular weight excluding hydrogens is 1640 g/mol. The number of para-hydroxylation sites is 2. The fourth-order valence-corrected chi connectivity index (χ4v) is 13.3. The zero-order chi connectivity index (χ0) is 92.8. The van der Waals surface area contributed by atoms with Gasteiger partial charge in [-0.2, -0.15) is 0 Å². The fraction of sp³-hybridized carbons (Fsp3) is 0.585. The number of carbonyl (C=O) groups is 20. The summed E-state index contributed by atoms with van der Waals surface area (Å²) in [6.45, 7) is 3.66. The van der Waals surface area contributed by atoms with Gasteiger partial charge in [0.2, 0.25) is 82.7 Å². The molecule has 14 amide bonds. The second-order valence-electron chi connectivity index (χ2n) is 30.6. The van der Waals surface area contributed by atoms with Crippen molar-refractivity contribution in [3.8, 4) is 0 Å². The van der Waals surface area contributed by atoms with Gasteiger partial charge in [-0.25, -0.2) is 4.79 Å². The van der Waals surface area contributed by atoms with Gasteiger partial charge < -0.3 is 121 Å². The molecule has 1 fully saturated rings. The molecule has 1 aromatic heterocycles. The van der Waals surface area contributed by atoms with Crippen molar-refractivity contribution in [3.05, 3.63) is 65.9 Å². The number of anilines is 1. The van der Waals surface area contributed by atoms with E-state index in [0.29, 0.717) is 42.3 Å². The number of carboxylic acid groups (broad SMARTS) is 4. The van der Waals surface area contributed by atoms with Crippen LogP contribution in [0.4, 0.5) is 5.69 Å². The van der Waals surface area contributed by atoms with E-state index in [2.05, 4.69) is 77.3 Å². The Balaban J connectivity index is 1.92. The maximum absolute atomic E-state index is 15.2. The number of aliphatic hydroxyl groups is 1. The first kappa shape index (κ1) is 105. The topological polar surface area (TPSA) is 688 Å². The van der Waals surface area contributed by atoms with E-state index in [0.717, 1.165) is 97.8 Å². The first-order valence-electron chi connectivity index (χ1n) is 41.8. The minimum atomic E-state index is -2.44. The van der Waals surface area contributed by atoms with Crippen LogP contribution < -0.4 is 85.9 Å². The van der Waals surface area contributed by atoms with Crippen molar-refractivity contribution in [2.45, 2.75) is 268 Å². The molecule has 24 N–H and O–H groups in total. The third-order valence-electron chi connectivity index (χ3n) is 20.2. The third kappa shape index (κ3) is 38.3. The number of esters is 1. The molecule has 43 heteroatoms. The van der Waals surface area contributed by atoms with Crippen molar-refractivity contribution in [2.24, 2.45) is 17.4 Å². The second-order valence-corrected chi connectivity index (χ2v) is 30.6. The van der Waals surface area contributed by atoms with Gasteiger partial charge in [-0.05, 0) is 75.8 Å². The largest absolute Gasteiger partial charge is 0.481 e. The number of primary amides is 1. The first-order chi connectivity index (χ1) is 59.4. The molecule has 0 bridgehead atoms. The van der Waals surface area contributed by atoms with Crippen LogP contribution >= 0.6 is 0 Å². The fourth-order valence-electron chi connectivity index (χ4n) is 13.3. The van der Waals surface area contributed by atoms with Crippen molar-refractivity contribution >= 4 is 135 Å². The molecular formula is C82H121N17O26. The molecule has 2 heterocycles. The molecule has 0 saturated carbocycles. The summed E-state index contributed by atoms with van der Waals surface area (Å²) in [5, 5.41) is 82.9. The third-order valence-corrected chi connectivity index (χ3v) is 20.2. The summed E-state index contributed by atoms with van der Waals surface area (Å²) in [5.41, 5.74) is 12.7. The summed E-state index contributed by atoms with van der Waals surface area (Å²) in [7, 11) is 0. The monoisotopic (exact) mass is 1760 g/mol. The molecule has 1 aliphatic heterocycles. The van der Waals surface area contributed by atoms with Gasteiger partial charge in [0.25, 0.3) is 0 Å². The number of benzene rings is 2. The summed E-state index contributed by atoms with van der Waals surface area (Å²) < 4.78 is 5.83. The molecule has 13 atom stereocenters. The summed E-state index contributed by atoms with van der Waals surface area (Å²) in [6.07, 6.45) is 5.42. The summed E-state index contributed by atoms with van der Waals surface area (Å²) in [5.74, 6) is -29.4. The van der Waals surface area contributed by atoms with E-state index < -0.39 is 255 Å². The number of aromatic nitrogens is 1. The van der Waals surface area contributed by atoms with Gasteiger partial charge >= 0.3 is 29.8 Å². The van der Waals surface area contributed by atoms with Crippen molar-refractivity contribution in [1.29, 1.82) is 0 Å². The number of unbranched alkanes of at least 4 members (excludes halogenated alkanes) is 13. The number of nitrogens with two attached hydrogens (primary N) is 2.